The molecule has 1 aliphatic rings. The topological polar surface area (TPSA) is 46.1 Å². The molecule has 3 aromatic rings. The number of aryl methyl sites for hydroxylation is 1. The highest BCUT2D eigenvalue weighted by atomic mass is 32.2. The first kappa shape index (κ1) is 19.9. The smallest absolute Gasteiger partial charge is 0.235 e. The van der Waals surface area contributed by atoms with Crippen LogP contribution in [0.2, 0.25) is 0 Å². The Morgan fingerprint density at radius 1 is 1.07 bits per heavy atom. The second-order valence-corrected chi connectivity index (χ2v) is 9.14. The first-order valence-corrected chi connectivity index (χ1v) is 11.2. The molecule has 0 aliphatic carbocycles. The Labute approximate surface area is 176 Å². The highest BCUT2D eigenvalue weighted by Gasteiger charge is 2.27. The number of benzene rings is 2. The third-order valence-corrected chi connectivity index (χ3v) is 6.70. The van der Waals surface area contributed by atoms with Gasteiger partial charge in [-0.2, -0.15) is 0 Å². The molecule has 1 saturated heterocycles. The average molecular weight is 406 g/mol. The normalized spacial score (nSPS) is 16.1. The number of para-hydroxylation sites is 1. The molecule has 0 unspecified atom stereocenters. The van der Waals surface area contributed by atoms with Crippen LogP contribution in [0.15, 0.2) is 59.6 Å². The van der Waals surface area contributed by atoms with Gasteiger partial charge < -0.3 is 4.90 Å². The van der Waals surface area contributed by atoms with Crippen molar-refractivity contribution in [2.24, 2.45) is 5.92 Å². The lowest BCUT2D eigenvalue weighted by Gasteiger charge is -2.33. The molecule has 2 heterocycles. The predicted molar refractivity (Wildman–Crippen MR) is 119 cm³/mol. The lowest BCUT2D eigenvalue weighted by Crippen LogP contribution is -2.42. The maximum Gasteiger partial charge on any atom is 0.235 e. The fraction of sp³-hybridized carbons (Fsp3) is 0.375. The Morgan fingerprint density at radius 3 is 2.52 bits per heavy atom. The van der Waals surface area contributed by atoms with Crippen LogP contribution in [0.4, 0.5) is 0 Å². The summed E-state index contributed by atoms with van der Waals surface area (Å²) in [5.74, 6) is 1.62. The van der Waals surface area contributed by atoms with Crippen molar-refractivity contribution in [2.75, 3.05) is 13.1 Å². The monoisotopic (exact) mass is 405 g/mol. The van der Waals surface area contributed by atoms with Gasteiger partial charge in [-0.25, -0.2) is 9.97 Å². The molecule has 0 bridgehead atoms. The standard InChI is InChI=1S/C24H27N3OS/c1-17(29-23-21-10-6-7-11-22(21)25-18(2)26-23)24(28)27-14-12-20(13-15-27)16-19-8-4-3-5-9-19/h3-11,17,20H,12-16H2,1-2H3/t17-/m1/s1. The third-order valence-electron chi connectivity index (χ3n) is 5.61. The van der Waals surface area contributed by atoms with E-state index < -0.39 is 0 Å². The van der Waals surface area contributed by atoms with Crippen molar-refractivity contribution >= 4 is 28.6 Å². The Kier molecular flexibility index (Phi) is 6.14. The highest BCUT2D eigenvalue weighted by molar-refractivity contribution is 8.00. The Bertz CT molecular complexity index is 984. The van der Waals surface area contributed by atoms with E-state index in [0.717, 1.165) is 54.1 Å². The van der Waals surface area contributed by atoms with Crippen molar-refractivity contribution in [3.05, 3.63) is 66.0 Å². The van der Waals surface area contributed by atoms with E-state index in [1.54, 1.807) is 11.8 Å². The number of carbonyl (C=O) groups excluding carboxylic acids is 1. The average Bonchev–Trinajstić information content (AvgIpc) is 2.74. The van der Waals surface area contributed by atoms with Crippen LogP contribution in [0.25, 0.3) is 10.9 Å². The lowest BCUT2D eigenvalue weighted by molar-refractivity contribution is -0.131. The summed E-state index contributed by atoms with van der Waals surface area (Å²) < 4.78 is 0. The Hall–Kier alpha value is -2.40. The molecule has 4 nitrogen and oxygen atoms in total. The van der Waals surface area contributed by atoms with E-state index in [1.807, 2.05) is 43.0 Å². The molecule has 0 spiro atoms. The fourth-order valence-corrected chi connectivity index (χ4v) is 5.10. The number of likely N-dealkylation sites (tertiary alicyclic amines) is 1. The first-order chi connectivity index (χ1) is 14.1. The number of hydrogen-bond acceptors (Lipinski definition) is 4. The van der Waals surface area contributed by atoms with Crippen molar-refractivity contribution in [1.29, 1.82) is 0 Å². The van der Waals surface area contributed by atoms with Crippen LogP contribution in [-0.2, 0) is 11.2 Å². The minimum Gasteiger partial charge on any atom is -0.342 e. The summed E-state index contributed by atoms with van der Waals surface area (Å²) in [7, 11) is 0. The second kappa shape index (κ2) is 8.95. The van der Waals surface area contributed by atoms with Gasteiger partial charge in [0, 0.05) is 18.5 Å². The summed E-state index contributed by atoms with van der Waals surface area (Å²) in [6.07, 6.45) is 3.26. The van der Waals surface area contributed by atoms with Gasteiger partial charge >= 0.3 is 0 Å². The van der Waals surface area contributed by atoms with E-state index in [1.165, 1.54) is 5.56 Å². The molecule has 150 valence electrons. The summed E-state index contributed by atoms with van der Waals surface area (Å²) in [6.45, 7) is 5.60. The van der Waals surface area contributed by atoms with Gasteiger partial charge in [0.25, 0.3) is 0 Å². The molecule has 4 rings (SSSR count). The summed E-state index contributed by atoms with van der Waals surface area (Å²) in [4.78, 5) is 24.2. The number of rotatable bonds is 5. The quantitative estimate of drug-likeness (QED) is 0.447. The zero-order valence-electron chi connectivity index (χ0n) is 17.0. The maximum atomic E-state index is 13.1. The van der Waals surface area contributed by atoms with Crippen LogP contribution < -0.4 is 0 Å². The van der Waals surface area contributed by atoms with E-state index in [9.17, 15) is 4.79 Å². The SMILES string of the molecule is Cc1nc(S[C@H](C)C(=O)N2CCC(Cc3ccccc3)CC2)c2ccccc2n1. The molecule has 5 heteroatoms. The molecule has 0 N–H and O–H groups in total. The summed E-state index contributed by atoms with van der Waals surface area (Å²) in [5, 5.41) is 1.76. The van der Waals surface area contributed by atoms with Gasteiger partial charge in [-0.1, -0.05) is 60.3 Å². The van der Waals surface area contributed by atoms with Gasteiger partial charge in [0.15, 0.2) is 0 Å². The highest BCUT2D eigenvalue weighted by Crippen LogP contribution is 2.30. The van der Waals surface area contributed by atoms with Crippen LogP contribution in [0, 0.1) is 12.8 Å². The fourth-order valence-electron chi connectivity index (χ4n) is 4.03. The molecular weight excluding hydrogens is 378 g/mol. The number of nitrogens with zero attached hydrogens (tertiary/aromatic N) is 3. The number of fused-ring (bicyclic) bond motifs is 1. The Morgan fingerprint density at radius 2 is 1.76 bits per heavy atom. The Balaban J connectivity index is 1.37. The third kappa shape index (κ3) is 4.78. The number of piperidine rings is 1. The van der Waals surface area contributed by atoms with Gasteiger partial charge in [0.2, 0.25) is 5.91 Å². The molecule has 1 aliphatic heterocycles. The van der Waals surface area contributed by atoms with E-state index in [0.29, 0.717) is 5.92 Å². The molecule has 1 fully saturated rings. The van der Waals surface area contributed by atoms with Crippen molar-refractivity contribution in [2.45, 2.75) is 43.4 Å². The molecule has 1 amide bonds. The van der Waals surface area contributed by atoms with E-state index in [4.69, 9.17) is 0 Å². The van der Waals surface area contributed by atoms with Crippen molar-refractivity contribution in [3.8, 4) is 0 Å². The summed E-state index contributed by atoms with van der Waals surface area (Å²) >= 11 is 1.55. The molecule has 1 aromatic heterocycles. The number of thioether (sulfide) groups is 1. The van der Waals surface area contributed by atoms with E-state index >= 15 is 0 Å². The number of hydrogen-bond donors (Lipinski definition) is 0. The molecule has 0 radical (unpaired) electrons. The molecular formula is C24H27N3OS. The lowest BCUT2D eigenvalue weighted by atomic mass is 9.90. The molecule has 2 aromatic carbocycles. The number of carbonyl (C=O) groups is 1. The van der Waals surface area contributed by atoms with Crippen molar-refractivity contribution in [3.63, 3.8) is 0 Å². The maximum absolute atomic E-state index is 13.1. The molecule has 1 atom stereocenters. The number of aromatic nitrogens is 2. The van der Waals surface area contributed by atoms with Crippen LogP contribution in [0.3, 0.4) is 0 Å². The number of amides is 1. The summed E-state index contributed by atoms with van der Waals surface area (Å²) in [6, 6.07) is 18.7. The van der Waals surface area contributed by atoms with Gasteiger partial charge in [-0.15, -0.1) is 0 Å². The minimum absolute atomic E-state index is 0.154. The minimum atomic E-state index is -0.154. The first-order valence-electron chi connectivity index (χ1n) is 10.3. The molecule has 29 heavy (non-hydrogen) atoms. The van der Waals surface area contributed by atoms with Gasteiger partial charge in [-0.05, 0) is 50.7 Å². The van der Waals surface area contributed by atoms with Gasteiger partial charge in [-0.3, -0.25) is 4.79 Å². The molecule has 0 saturated carbocycles. The van der Waals surface area contributed by atoms with Crippen molar-refractivity contribution < 1.29 is 4.79 Å². The second-order valence-electron chi connectivity index (χ2n) is 7.81. The van der Waals surface area contributed by atoms with E-state index in [-0.39, 0.29) is 11.2 Å². The summed E-state index contributed by atoms with van der Waals surface area (Å²) in [5.41, 5.74) is 2.33. The van der Waals surface area contributed by atoms with Crippen LogP contribution in [0.5, 0.6) is 0 Å². The van der Waals surface area contributed by atoms with Crippen molar-refractivity contribution in [1.82, 2.24) is 14.9 Å². The van der Waals surface area contributed by atoms with Gasteiger partial charge in [0.05, 0.1) is 10.8 Å². The van der Waals surface area contributed by atoms with Crippen LogP contribution in [-0.4, -0.2) is 39.1 Å². The van der Waals surface area contributed by atoms with E-state index in [2.05, 4.69) is 40.3 Å². The van der Waals surface area contributed by atoms with Gasteiger partial charge in [0.1, 0.15) is 10.9 Å². The zero-order chi connectivity index (χ0) is 20.2. The predicted octanol–water partition coefficient (Wildman–Crippen LogP) is 4.90. The zero-order valence-corrected chi connectivity index (χ0v) is 17.9. The van der Waals surface area contributed by atoms with Crippen LogP contribution >= 0.6 is 11.8 Å². The van der Waals surface area contributed by atoms with Crippen LogP contribution in [0.1, 0.15) is 31.2 Å². The largest absolute Gasteiger partial charge is 0.342 e.